The van der Waals surface area contributed by atoms with Gasteiger partial charge in [0, 0.05) is 19.6 Å². The first kappa shape index (κ1) is 16.3. The van der Waals surface area contributed by atoms with Gasteiger partial charge in [-0.3, -0.25) is 15.3 Å². The van der Waals surface area contributed by atoms with Crippen molar-refractivity contribution in [2.24, 2.45) is 17.8 Å². The average molecular weight is 247 g/mol. The van der Waals surface area contributed by atoms with Gasteiger partial charge >= 0.3 is 0 Å². The predicted molar refractivity (Wildman–Crippen MR) is 75.4 cm³/mol. The van der Waals surface area contributed by atoms with Gasteiger partial charge in [-0.1, -0.05) is 41.5 Å². The summed E-state index contributed by atoms with van der Waals surface area (Å²) in [7, 11) is -0.408. The Morgan fingerprint density at radius 3 is 1.06 bits per heavy atom. The second-order valence-corrected chi connectivity index (χ2v) is 7.22. The highest BCUT2D eigenvalue weighted by Crippen LogP contribution is 2.20. The van der Waals surface area contributed by atoms with Gasteiger partial charge in [0.05, 0.1) is 0 Å². The lowest BCUT2D eigenvalue weighted by Crippen LogP contribution is -2.33. The molecule has 0 aromatic rings. The Kier molecular flexibility index (Phi) is 9.53. The Morgan fingerprint density at radius 1 is 0.625 bits per heavy atom. The Hall–Kier alpha value is 0.310. The Bertz CT molecular complexity index is 132. The maximum Gasteiger partial charge on any atom is 0.111 e. The molecule has 0 aromatic heterocycles. The van der Waals surface area contributed by atoms with E-state index in [0.717, 1.165) is 19.6 Å². The van der Waals surface area contributed by atoms with Crippen LogP contribution in [0.25, 0.3) is 0 Å². The molecular weight excluding hydrogens is 217 g/mol. The highest BCUT2D eigenvalue weighted by atomic mass is 31.1. The summed E-state index contributed by atoms with van der Waals surface area (Å²) in [4.78, 5) is 0. The minimum Gasteiger partial charge on any atom is -0.271 e. The van der Waals surface area contributed by atoms with Gasteiger partial charge in [-0.2, -0.15) is 0 Å². The molecule has 0 saturated heterocycles. The molecule has 3 N–H and O–H groups in total. The minimum atomic E-state index is -0.408. The topological polar surface area (TPSA) is 36.1 Å². The lowest BCUT2D eigenvalue weighted by atomic mass is 10.2. The molecule has 0 aliphatic heterocycles. The standard InChI is InChI=1S/C12H30N3P/c1-10(2)7-13-16(14-8-11(3)4)15-9-12(5)6/h10-15H,7-9H2,1-6H3. The highest BCUT2D eigenvalue weighted by Gasteiger charge is 2.09. The van der Waals surface area contributed by atoms with Crippen molar-refractivity contribution in [1.82, 2.24) is 15.3 Å². The average Bonchev–Trinajstić information content (AvgIpc) is 2.15. The summed E-state index contributed by atoms with van der Waals surface area (Å²) in [6, 6.07) is 0. The summed E-state index contributed by atoms with van der Waals surface area (Å²) >= 11 is 0. The van der Waals surface area contributed by atoms with Gasteiger partial charge in [-0.15, -0.1) is 0 Å². The molecule has 0 unspecified atom stereocenters. The first-order valence-corrected chi connectivity index (χ1v) is 7.76. The van der Waals surface area contributed by atoms with Gasteiger partial charge in [0.15, 0.2) is 0 Å². The van der Waals surface area contributed by atoms with Crippen LogP contribution < -0.4 is 15.3 Å². The lowest BCUT2D eigenvalue weighted by Gasteiger charge is -2.23. The zero-order valence-corrected chi connectivity index (χ0v) is 12.7. The summed E-state index contributed by atoms with van der Waals surface area (Å²) in [5, 5.41) is 10.7. The van der Waals surface area contributed by atoms with Crippen LogP contribution in [-0.4, -0.2) is 19.6 Å². The van der Waals surface area contributed by atoms with Crippen molar-refractivity contribution in [3.05, 3.63) is 0 Å². The maximum atomic E-state index is 3.57. The van der Waals surface area contributed by atoms with Gasteiger partial charge in [-0.25, -0.2) is 0 Å². The van der Waals surface area contributed by atoms with E-state index >= 15 is 0 Å². The molecule has 0 fully saturated rings. The normalized spacial score (nSPS) is 12.4. The predicted octanol–water partition coefficient (Wildman–Crippen LogP) is 2.95. The summed E-state index contributed by atoms with van der Waals surface area (Å²) in [5.41, 5.74) is 0. The molecule has 0 rings (SSSR count). The lowest BCUT2D eigenvalue weighted by molar-refractivity contribution is 0.593. The third-order valence-electron chi connectivity index (χ3n) is 1.97. The van der Waals surface area contributed by atoms with Crippen LogP contribution in [0.1, 0.15) is 41.5 Å². The fourth-order valence-corrected chi connectivity index (χ4v) is 2.97. The first-order chi connectivity index (χ1) is 7.41. The molecule has 0 aromatic carbocycles. The monoisotopic (exact) mass is 247 g/mol. The van der Waals surface area contributed by atoms with E-state index in [1.807, 2.05) is 0 Å². The number of rotatable bonds is 9. The Labute approximate surface area is 103 Å². The summed E-state index contributed by atoms with van der Waals surface area (Å²) < 4.78 is 0. The highest BCUT2D eigenvalue weighted by molar-refractivity contribution is 7.51. The first-order valence-electron chi connectivity index (χ1n) is 6.42. The second kappa shape index (κ2) is 9.35. The SMILES string of the molecule is CC(C)CNP(NCC(C)C)NCC(C)C. The molecular formula is C12H30N3P. The number of hydrogen-bond donors (Lipinski definition) is 3. The molecule has 0 aliphatic carbocycles. The van der Waals surface area contributed by atoms with Crippen molar-refractivity contribution < 1.29 is 0 Å². The molecule has 16 heavy (non-hydrogen) atoms. The van der Waals surface area contributed by atoms with Crippen molar-refractivity contribution in [2.75, 3.05) is 19.6 Å². The Morgan fingerprint density at radius 2 is 0.875 bits per heavy atom. The number of nitrogens with one attached hydrogen (secondary N) is 3. The van der Waals surface area contributed by atoms with Crippen LogP contribution in [-0.2, 0) is 0 Å². The molecule has 0 amide bonds. The molecule has 3 nitrogen and oxygen atoms in total. The molecule has 0 atom stereocenters. The van der Waals surface area contributed by atoms with E-state index in [1.165, 1.54) is 0 Å². The fourth-order valence-electron chi connectivity index (χ4n) is 0.989. The molecule has 0 aliphatic rings. The van der Waals surface area contributed by atoms with Gasteiger partial charge in [-0.05, 0) is 17.8 Å². The molecule has 4 heteroatoms. The van der Waals surface area contributed by atoms with Crippen LogP contribution in [0.5, 0.6) is 0 Å². The van der Waals surface area contributed by atoms with Crippen molar-refractivity contribution in [2.45, 2.75) is 41.5 Å². The van der Waals surface area contributed by atoms with E-state index in [0.29, 0.717) is 17.8 Å². The molecule has 0 heterocycles. The third kappa shape index (κ3) is 10.8. The van der Waals surface area contributed by atoms with Crippen LogP contribution in [0, 0.1) is 17.8 Å². The van der Waals surface area contributed by atoms with Crippen molar-refractivity contribution in [3.63, 3.8) is 0 Å². The maximum absolute atomic E-state index is 3.57. The van der Waals surface area contributed by atoms with Gasteiger partial charge in [0.25, 0.3) is 0 Å². The van der Waals surface area contributed by atoms with Gasteiger partial charge < -0.3 is 0 Å². The van der Waals surface area contributed by atoms with Gasteiger partial charge in [0.2, 0.25) is 0 Å². The van der Waals surface area contributed by atoms with E-state index < -0.39 is 8.37 Å². The van der Waals surface area contributed by atoms with Crippen LogP contribution in [0.4, 0.5) is 0 Å². The van der Waals surface area contributed by atoms with E-state index in [1.54, 1.807) is 0 Å². The van der Waals surface area contributed by atoms with Gasteiger partial charge in [0.1, 0.15) is 8.37 Å². The van der Waals surface area contributed by atoms with E-state index in [9.17, 15) is 0 Å². The largest absolute Gasteiger partial charge is 0.271 e. The molecule has 0 saturated carbocycles. The van der Waals surface area contributed by atoms with E-state index in [2.05, 4.69) is 56.8 Å². The number of hydrogen-bond acceptors (Lipinski definition) is 3. The zero-order valence-electron chi connectivity index (χ0n) is 11.8. The summed E-state index contributed by atoms with van der Waals surface area (Å²) in [6.07, 6.45) is 0. The molecule has 0 spiro atoms. The van der Waals surface area contributed by atoms with Crippen molar-refractivity contribution in [1.29, 1.82) is 0 Å². The zero-order chi connectivity index (χ0) is 12.6. The fraction of sp³-hybridized carbons (Fsp3) is 1.00. The van der Waals surface area contributed by atoms with Crippen molar-refractivity contribution in [3.8, 4) is 0 Å². The molecule has 0 radical (unpaired) electrons. The van der Waals surface area contributed by atoms with E-state index in [-0.39, 0.29) is 0 Å². The third-order valence-corrected chi connectivity index (χ3v) is 3.47. The molecule has 98 valence electrons. The molecule has 0 bridgehead atoms. The summed E-state index contributed by atoms with van der Waals surface area (Å²) in [5.74, 6) is 2.10. The summed E-state index contributed by atoms with van der Waals surface area (Å²) in [6.45, 7) is 16.7. The van der Waals surface area contributed by atoms with Crippen molar-refractivity contribution >= 4 is 8.37 Å². The smallest absolute Gasteiger partial charge is 0.111 e. The minimum absolute atomic E-state index is 0.408. The second-order valence-electron chi connectivity index (χ2n) is 5.60. The van der Waals surface area contributed by atoms with Crippen LogP contribution >= 0.6 is 8.37 Å². The van der Waals surface area contributed by atoms with Crippen LogP contribution in [0.2, 0.25) is 0 Å². The van der Waals surface area contributed by atoms with E-state index in [4.69, 9.17) is 0 Å². The van der Waals surface area contributed by atoms with Crippen LogP contribution in [0.15, 0.2) is 0 Å². The van der Waals surface area contributed by atoms with Crippen LogP contribution in [0.3, 0.4) is 0 Å². The Balaban J connectivity index is 3.85. The quantitative estimate of drug-likeness (QED) is 0.548.